The number of halogens is 1. The number of nitrogens with zero attached hydrogens (tertiary/aromatic N) is 1. The summed E-state index contributed by atoms with van der Waals surface area (Å²) in [5.74, 6) is -0.0622. The number of nitrogens with one attached hydrogen (secondary N) is 2. The molecule has 2 N–H and O–H groups in total. The van der Waals surface area contributed by atoms with Gasteiger partial charge in [-0.05, 0) is 31.0 Å². The van der Waals surface area contributed by atoms with Crippen LogP contribution in [0, 0.1) is 0 Å². The molecule has 3 heterocycles. The van der Waals surface area contributed by atoms with Crippen molar-refractivity contribution in [2.24, 2.45) is 0 Å². The number of aromatic amines is 1. The zero-order valence-electron chi connectivity index (χ0n) is 22.3. The molecule has 2 unspecified atom stereocenters. The summed E-state index contributed by atoms with van der Waals surface area (Å²) in [4.78, 5) is 44.8. The van der Waals surface area contributed by atoms with E-state index in [2.05, 4.69) is 10.3 Å². The highest BCUT2D eigenvalue weighted by Crippen LogP contribution is 2.48. The molecule has 0 fully saturated rings. The molecule has 3 aromatic rings. The molecule has 0 bridgehead atoms. The van der Waals surface area contributed by atoms with Crippen molar-refractivity contribution in [3.63, 3.8) is 0 Å². The van der Waals surface area contributed by atoms with Crippen molar-refractivity contribution in [3.05, 3.63) is 35.0 Å². The molecule has 2 atom stereocenters. The van der Waals surface area contributed by atoms with E-state index in [0.717, 1.165) is 0 Å². The van der Waals surface area contributed by atoms with Crippen molar-refractivity contribution in [1.82, 2.24) is 4.98 Å². The van der Waals surface area contributed by atoms with Gasteiger partial charge in [0.1, 0.15) is 11.4 Å². The Balaban J connectivity index is 1.65. The Bertz CT molecular complexity index is 1530. The van der Waals surface area contributed by atoms with Crippen LogP contribution in [-0.2, 0) is 16.0 Å². The molecule has 2 aromatic carbocycles. The predicted molar refractivity (Wildman–Crippen MR) is 144 cm³/mol. The van der Waals surface area contributed by atoms with Crippen molar-refractivity contribution in [3.8, 4) is 23.0 Å². The Hall–Kier alpha value is -4.12. The van der Waals surface area contributed by atoms with Crippen molar-refractivity contribution in [1.29, 1.82) is 0 Å². The van der Waals surface area contributed by atoms with Crippen molar-refractivity contribution < 1.29 is 38.1 Å². The summed E-state index contributed by atoms with van der Waals surface area (Å²) in [6.45, 7) is 1.64. The second kappa shape index (κ2) is 9.57. The highest BCUT2D eigenvalue weighted by Gasteiger charge is 2.52. The van der Waals surface area contributed by atoms with E-state index in [-0.39, 0.29) is 23.7 Å². The number of ether oxygens (including phenoxy) is 5. The molecule has 2 aliphatic heterocycles. The average molecular weight is 558 g/mol. The van der Waals surface area contributed by atoms with Crippen molar-refractivity contribution in [2.45, 2.75) is 24.3 Å². The molecule has 0 saturated carbocycles. The quantitative estimate of drug-likeness (QED) is 0.265. The van der Waals surface area contributed by atoms with E-state index in [1.54, 1.807) is 18.2 Å². The van der Waals surface area contributed by atoms with Crippen LogP contribution in [0.25, 0.3) is 10.9 Å². The van der Waals surface area contributed by atoms with Crippen LogP contribution in [0.3, 0.4) is 0 Å². The van der Waals surface area contributed by atoms with Crippen LogP contribution >= 0.6 is 11.6 Å². The predicted octanol–water partition coefficient (Wildman–Crippen LogP) is 3.55. The Kier molecular flexibility index (Phi) is 6.50. The van der Waals surface area contributed by atoms with Gasteiger partial charge in [-0.1, -0.05) is 0 Å². The van der Waals surface area contributed by atoms with E-state index < -0.39 is 22.7 Å². The van der Waals surface area contributed by atoms with Crippen LogP contribution in [0.5, 0.6) is 23.0 Å². The van der Waals surface area contributed by atoms with Crippen LogP contribution in [-0.4, -0.2) is 75.7 Å². The smallest absolute Gasteiger partial charge is 0.339 e. The number of amides is 1. The number of benzene rings is 2. The summed E-state index contributed by atoms with van der Waals surface area (Å²) in [5, 5.41) is 3.17. The third-order valence-corrected chi connectivity index (χ3v) is 7.53. The number of hydrogen-bond donors (Lipinski definition) is 2. The standard InChI is InChI=1S/C27H28ClN3O8/c1-27(26(34)39-6)24(32)19-14-9-13(28)11-31(16(14)10-17(35-2)21(19)30-27)25(33)15-7-12-8-18(36-3)22(37-4)23(38-5)20(12)29-15/h7-8,10,13,29-30H,9,11H2,1-6H3. The van der Waals surface area contributed by atoms with Gasteiger partial charge in [-0.2, -0.15) is 0 Å². The topological polar surface area (TPSA) is 128 Å². The maximum Gasteiger partial charge on any atom is 0.339 e. The van der Waals surface area contributed by atoms with Gasteiger partial charge in [0.15, 0.2) is 17.0 Å². The fourth-order valence-corrected chi connectivity index (χ4v) is 5.65. The van der Waals surface area contributed by atoms with Crippen LogP contribution < -0.4 is 29.2 Å². The number of alkyl halides is 1. The van der Waals surface area contributed by atoms with Gasteiger partial charge in [0.05, 0.1) is 63.4 Å². The number of methoxy groups -OCH3 is 5. The zero-order chi connectivity index (χ0) is 28.2. The normalized spacial score (nSPS) is 19.7. The Labute approximate surface area is 229 Å². The van der Waals surface area contributed by atoms with E-state index in [9.17, 15) is 14.4 Å². The first-order valence-corrected chi connectivity index (χ1v) is 12.5. The second-order valence-electron chi connectivity index (χ2n) is 9.41. The molecule has 0 aliphatic carbocycles. The maximum absolute atomic E-state index is 14.0. The third kappa shape index (κ3) is 3.82. The minimum Gasteiger partial charge on any atom is -0.494 e. The van der Waals surface area contributed by atoms with E-state index in [0.29, 0.717) is 57.3 Å². The molecule has 206 valence electrons. The summed E-state index contributed by atoms with van der Waals surface area (Å²) < 4.78 is 26.9. The summed E-state index contributed by atoms with van der Waals surface area (Å²) in [6.07, 6.45) is 0.312. The van der Waals surface area contributed by atoms with Crippen molar-refractivity contribution >= 4 is 51.5 Å². The van der Waals surface area contributed by atoms with Gasteiger partial charge in [0.25, 0.3) is 5.91 Å². The fraction of sp³-hybridized carbons (Fsp3) is 0.370. The Morgan fingerprint density at radius 2 is 1.69 bits per heavy atom. The van der Waals surface area contributed by atoms with Crippen molar-refractivity contribution in [2.75, 3.05) is 52.3 Å². The van der Waals surface area contributed by atoms with Gasteiger partial charge >= 0.3 is 5.97 Å². The maximum atomic E-state index is 14.0. The molecule has 1 aromatic heterocycles. The number of carbonyl (C=O) groups is 3. The summed E-state index contributed by atoms with van der Waals surface area (Å²) in [5.41, 5.74) is 0.816. The highest BCUT2D eigenvalue weighted by atomic mass is 35.5. The number of anilines is 2. The Morgan fingerprint density at radius 3 is 2.31 bits per heavy atom. The molecular formula is C27H28ClN3O8. The van der Waals surface area contributed by atoms with E-state index in [1.807, 2.05) is 0 Å². The Morgan fingerprint density at radius 1 is 1.00 bits per heavy atom. The van der Waals surface area contributed by atoms with E-state index in [1.165, 1.54) is 47.4 Å². The number of fused-ring (bicyclic) bond motifs is 4. The number of ketones is 1. The lowest BCUT2D eigenvalue weighted by molar-refractivity contribution is -0.143. The van der Waals surface area contributed by atoms with E-state index >= 15 is 0 Å². The number of hydrogen-bond acceptors (Lipinski definition) is 9. The number of aromatic nitrogens is 1. The first-order valence-electron chi connectivity index (χ1n) is 12.1. The molecule has 0 radical (unpaired) electrons. The van der Waals surface area contributed by atoms with Crippen LogP contribution in [0.1, 0.15) is 33.3 Å². The molecule has 2 aliphatic rings. The largest absolute Gasteiger partial charge is 0.494 e. The van der Waals surface area contributed by atoms with Gasteiger partial charge < -0.3 is 38.9 Å². The fourth-order valence-electron chi connectivity index (χ4n) is 5.35. The molecule has 0 saturated heterocycles. The first kappa shape index (κ1) is 26.5. The SMILES string of the molecule is COC(=O)C1(C)Nc2c(OC)cc3c(c2C1=O)CC(Cl)CN3C(=O)c1cc2cc(OC)c(OC)c(OC)c2[nH]1. The zero-order valence-corrected chi connectivity index (χ0v) is 23.1. The summed E-state index contributed by atoms with van der Waals surface area (Å²) in [6, 6.07) is 5.10. The molecule has 11 nitrogen and oxygen atoms in total. The minimum absolute atomic E-state index is 0.185. The average Bonchev–Trinajstić information content (AvgIpc) is 3.49. The molecule has 0 spiro atoms. The van der Waals surface area contributed by atoms with Gasteiger partial charge in [0, 0.05) is 18.0 Å². The van der Waals surface area contributed by atoms with Crippen LogP contribution in [0.2, 0.25) is 0 Å². The van der Waals surface area contributed by atoms with Crippen LogP contribution in [0.4, 0.5) is 11.4 Å². The lowest BCUT2D eigenvalue weighted by Crippen LogP contribution is -2.47. The van der Waals surface area contributed by atoms with Gasteiger partial charge in [-0.25, -0.2) is 4.79 Å². The summed E-state index contributed by atoms with van der Waals surface area (Å²) in [7, 11) is 7.18. The number of H-pyrrole nitrogens is 1. The molecule has 1 amide bonds. The number of esters is 1. The van der Waals surface area contributed by atoms with E-state index in [4.69, 9.17) is 35.3 Å². The first-order chi connectivity index (χ1) is 18.6. The molecular weight excluding hydrogens is 530 g/mol. The lowest BCUT2D eigenvalue weighted by Gasteiger charge is -2.33. The third-order valence-electron chi connectivity index (χ3n) is 7.24. The monoisotopic (exact) mass is 557 g/mol. The number of carbonyl (C=O) groups excluding carboxylic acids is 3. The van der Waals surface area contributed by atoms with Crippen LogP contribution in [0.15, 0.2) is 18.2 Å². The number of rotatable bonds is 6. The molecule has 12 heteroatoms. The molecule has 39 heavy (non-hydrogen) atoms. The molecule has 5 rings (SSSR count). The number of Topliss-reactive ketones (excluding diaryl/α,β-unsaturated/α-hetero) is 1. The van der Waals surface area contributed by atoms with Gasteiger partial charge in [-0.15, -0.1) is 11.6 Å². The van der Waals surface area contributed by atoms with Gasteiger partial charge in [-0.3, -0.25) is 9.59 Å². The summed E-state index contributed by atoms with van der Waals surface area (Å²) >= 11 is 6.65. The highest BCUT2D eigenvalue weighted by molar-refractivity contribution is 6.27. The lowest BCUT2D eigenvalue weighted by atomic mass is 9.88. The van der Waals surface area contributed by atoms with Gasteiger partial charge in [0.2, 0.25) is 11.5 Å². The minimum atomic E-state index is -1.64. The second-order valence-corrected chi connectivity index (χ2v) is 10.0.